The number of hydrogen-bond donors (Lipinski definition) is 0. The number of hydrogen-bond acceptors (Lipinski definition) is 0. The quantitative estimate of drug-likeness (QED) is 0.616. The average molecular weight is 176 g/mol. The zero-order valence-electron chi connectivity index (χ0n) is 6.75. The molecule has 0 saturated heterocycles. The highest BCUT2D eigenvalue weighted by molar-refractivity contribution is 5.63. The molecule has 0 unspecified atom stereocenters. The maximum absolute atomic E-state index is 3.74. The summed E-state index contributed by atoms with van der Waals surface area (Å²) in [6, 6.07) is 8.19. The average Bonchev–Trinajstić information content (AvgIpc) is 2.06. The van der Waals surface area contributed by atoms with E-state index in [4.69, 9.17) is 0 Å². The molecule has 72 valence electrons. The van der Waals surface area contributed by atoms with E-state index in [1.807, 2.05) is 31.2 Å². The molecule has 0 amide bonds. The molecule has 0 atom stereocenters. The summed E-state index contributed by atoms with van der Waals surface area (Å²) >= 11 is 0. The highest BCUT2D eigenvalue weighted by Crippen LogP contribution is 2.11. The van der Waals surface area contributed by atoms with E-state index in [2.05, 4.69) is 24.8 Å². The summed E-state index contributed by atoms with van der Waals surface area (Å²) in [7, 11) is 0. The van der Waals surface area contributed by atoms with Crippen molar-refractivity contribution in [2.24, 2.45) is 0 Å². The molecule has 0 aromatic heterocycles. The third-order valence-corrected chi connectivity index (χ3v) is 1.56. The highest BCUT2D eigenvalue weighted by atomic mass is 13.9. The zero-order valence-corrected chi connectivity index (χ0v) is 6.75. The summed E-state index contributed by atoms with van der Waals surface area (Å²) in [5.74, 6) is 0. The Morgan fingerprint density at radius 3 is 2.08 bits per heavy atom. The van der Waals surface area contributed by atoms with Crippen molar-refractivity contribution in [2.75, 3.05) is 0 Å². The van der Waals surface area contributed by atoms with Gasteiger partial charge < -0.3 is 0 Å². The Hall–Kier alpha value is -1.30. The van der Waals surface area contributed by atoms with Crippen LogP contribution in [-0.2, 0) is 0 Å². The van der Waals surface area contributed by atoms with Gasteiger partial charge in [0, 0.05) is 0 Å². The molecule has 1 aromatic carbocycles. The van der Waals surface area contributed by atoms with Crippen molar-refractivity contribution in [3.05, 3.63) is 48.0 Å². The second kappa shape index (κ2) is 7.35. The number of benzene rings is 1. The van der Waals surface area contributed by atoms with Gasteiger partial charge in [-0.1, -0.05) is 63.9 Å². The Morgan fingerprint density at radius 1 is 1.08 bits per heavy atom. The predicted octanol–water partition coefficient (Wildman–Crippen LogP) is 4.63. The molecule has 0 saturated carbocycles. The molecule has 1 aromatic rings. The molecule has 0 spiro atoms. The first kappa shape index (κ1) is 14.2. The van der Waals surface area contributed by atoms with E-state index in [0.717, 1.165) is 0 Å². The van der Waals surface area contributed by atoms with Gasteiger partial charge in [0.25, 0.3) is 0 Å². The second-order valence-electron chi connectivity index (χ2n) is 2.33. The van der Waals surface area contributed by atoms with Gasteiger partial charge in [-0.3, -0.25) is 0 Å². The van der Waals surface area contributed by atoms with Crippen LogP contribution in [0.3, 0.4) is 0 Å². The maximum atomic E-state index is 3.74. The molecule has 0 heterocycles. The van der Waals surface area contributed by atoms with Crippen LogP contribution < -0.4 is 0 Å². The van der Waals surface area contributed by atoms with Crippen LogP contribution in [0.1, 0.15) is 32.9 Å². The van der Waals surface area contributed by atoms with E-state index in [9.17, 15) is 0 Å². The molecular weight excluding hydrogens is 156 g/mol. The topological polar surface area (TPSA) is 0 Å². The standard InChI is InChI=1S/C11H12.2CH4/c1-3-7-11-9-6-5-8-10(11)4-2;;/h3-9H,2H2,1H3;2*1H4/b7-3-;;. The third kappa shape index (κ3) is 3.75. The smallest absolute Gasteiger partial charge is 0.0188 e. The minimum Gasteiger partial charge on any atom is -0.0984 e. The summed E-state index contributed by atoms with van der Waals surface area (Å²) in [5.41, 5.74) is 2.41. The normalized spacial score (nSPS) is 8.69. The first-order chi connectivity index (χ1) is 5.38. The van der Waals surface area contributed by atoms with Gasteiger partial charge in [-0.2, -0.15) is 0 Å². The maximum Gasteiger partial charge on any atom is -0.0188 e. The molecule has 0 aliphatic carbocycles. The second-order valence-corrected chi connectivity index (χ2v) is 2.33. The van der Waals surface area contributed by atoms with Gasteiger partial charge in [0.15, 0.2) is 0 Å². The lowest BCUT2D eigenvalue weighted by Crippen LogP contribution is -1.76. The van der Waals surface area contributed by atoms with Crippen molar-refractivity contribution in [1.82, 2.24) is 0 Å². The van der Waals surface area contributed by atoms with Crippen LogP contribution in [-0.4, -0.2) is 0 Å². The monoisotopic (exact) mass is 176 g/mol. The molecule has 0 heteroatoms. The van der Waals surface area contributed by atoms with E-state index >= 15 is 0 Å². The Bertz CT molecular complexity index is 269. The van der Waals surface area contributed by atoms with Crippen LogP contribution in [0.5, 0.6) is 0 Å². The van der Waals surface area contributed by atoms with E-state index in [1.54, 1.807) is 0 Å². The highest BCUT2D eigenvalue weighted by Gasteiger charge is 1.90. The summed E-state index contributed by atoms with van der Waals surface area (Å²) < 4.78 is 0. The third-order valence-electron chi connectivity index (χ3n) is 1.56. The van der Waals surface area contributed by atoms with Crippen LogP contribution in [0.15, 0.2) is 36.9 Å². The van der Waals surface area contributed by atoms with Crippen LogP contribution >= 0.6 is 0 Å². The largest absolute Gasteiger partial charge is 0.0984 e. The lowest BCUT2D eigenvalue weighted by molar-refractivity contribution is 1.60. The Morgan fingerprint density at radius 2 is 1.62 bits per heavy atom. The molecule has 1 rings (SSSR count). The Kier molecular flexibility index (Phi) is 8.05. The predicted molar refractivity (Wildman–Crippen MR) is 64.7 cm³/mol. The lowest BCUT2D eigenvalue weighted by atomic mass is 10.1. The van der Waals surface area contributed by atoms with Gasteiger partial charge in [0.2, 0.25) is 0 Å². The van der Waals surface area contributed by atoms with Crippen molar-refractivity contribution in [1.29, 1.82) is 0 Å². The molecule has 0 bridgehead atoms. The van der Waals surface area contributed by atoms with Gasteiger partial charge in [0.1, 0.15) is 0 Å². The van der Waals surface area contributed by atoms with Gasteiger partial charge in [0.05, 0.1) is 0 Å². The Balaban J connectivity index is 0. The van der Waals surface area contributed by atoms with Crippen molar-refractivity contribution < 1.29 is 0 Å². The minimum absolute atomic E-state index is 0. The fraction of sp³-hybridized carbons (Fsp3) is 0.231. The molecule has 13 heavy (non-hydrogen) atoms. The number of allylic oxidation sites excluding steroid dienone is 1. The van der Waals surface area contributed by atoms with Gasteiger partial charge in [-0.05, 0) is 18.1 Å². The van der Waals surface area contributed by atoms with Crippen LogP contribution in [0.4, 0.5) is 0 Å². The first-order valence-electron chi connectivity index (χ1n) is 3.72. The van der Waals surface area contributed by atoms with Crippen LogP contribution in [0.25, 0.3) is 12.2 Å². The SMILES string of the molecule is C.C.C=Cc1ccccc1/C=C\C. The summed E-state index contributed by atoms with van der Waals surface area (Å²) in [6.45, 7) is 5.75. The number of rotatable bonds is 2. The fourth-order valence-corrected chi connectivity index (χ4v) is 1.03. The van der Waals surface area contributed by atoms with E-state index in [1.165, 1.54) is 11.1 Å². The molecule has 0 radical (unpaired) electrons. The summed E-state index contributed by atoms with van der Waals surface area (Å²) in [4.78, 5) is 0. The Labute approximate surface area is 82.6 Å². The molecule has 0 aliphatic rings. The van der Waals surface area contributed by atoms with Crippen molar-refractivity contribution in [3.8, 4) is 0 Å². The van der Waals surface area contributed by atoms with Crippen LogP contribution in [0.2, 0.25) is 0 Å². The molecule has 0 N–H and O–H groups in total. The van der Waals surface area contributed by atoms with E-state index in [-0.39, 0.29) is 14.9 Å². The van der Waals surface area contributed by atoms with Crippen molar-refractivity contribution in [3.63, 3.8) is 0 Å². The summed E-state index contributed by atoms with van der Waals surface area (Å²) in [6.07, 6.45) is 5.98. The lowest BCUT2D eigenvalue weighted by Gasteiger charge is -1.97. The molecule has 0 aliphatic heterocycles. The van der Waals surface area contributed by atoms with Crippen LogP contribution in [0, 0.1) is 0 Å². The minimum atomic E-state index is 0. The van der Waals surface area contributed by atoms with Crippen molar-refractivity contribution >= 4 is 12.2 Å². The fourth-order valence-electron chi connectivity index (χ4n) is 1.03. The van der Waals surface area contributed by atoms with Crippen molar-refractivity contribution in [2.45, 2.75) is 21.8 Å². The van der Waals surface area contributed by atoms with Gasteiger partial charge >= 0.3 is 0 Å². The molecule has 0 fully saturated rings. The van der Waals surface area contributed by atoms with Gasteiger partial charge in [-0.25, -0.2) is 0 Å². The molecular formula is C13H20. The summed E-state index contributed by atoms with van der Waals surface area (Å²) in [5, 5.41) is 0. The zero-order chi connectivity index (χ0) is 8.10. The van der Waals surface area contributed by atoms with E-state index in [0.29, 0.717) is 0 Å². The molecule has 0 nitrogen and oxygen atoms in total. The van der Waals surface area contributed by atoms with E-state index < -0.39 is 0 Å². The van der Waals surface area contributed by atoms with Gasteiger partial charge in [-0.15, -0.1) is 0 Å². The first-order valence-corrected chi connectivity index (χ1v) is 3.72.